The Balaban J connectivity index is 2.20. The molecular weight excluding hydrogens is 194 g/mol. The summed E-state index contributed by atoms with van der Waals surface area (Å²) in [6, 6.07) is 0. The molecule has 2 N–H and O–H groups in total. The van der Waals surface area contributed by atoms with Crippen molar-refractivity contribution in [3.05, 3.63) is 0 Å². The van der Waals surface area contributed by atoms with Gasteiger partial charge in [-0.2, -0.15) is 0 Å². The Kier molecular flexibility index (Phi) is 5.65. The van der Waals surface area contributed by atoms with E-state index >= 15 is 0 Å². The van der Waals surface area contributed by atoms with Crippen LogP contribution in [0.4, 0.5) is 0 Å². The van der Waals surface area contributed by atoms with Crippen LogP contribution in [0.2, 0.25) is 0 Å². The molecule has 4 heteroatoms. The fourth-order valence-corrected chi connectivity index (χ4v) is 1.62. The van der Waals surface area contributed by atoms with Crippen LogP contribution in [0.25, 0.3) is 0 Å². The smallest absolute Gasteiger partial charge is 0.308 e. The summed E-state index contributed by atoms with van der Waals surface area (Å²) in [5, 5.41) is 0. The van der Waals surface area contributed by atoms with Crippen molar-refractivity contribution in [3.63, 3.8) is 0 Å². The van der Waals surface area contributed by atoms with Gasteiger partial charge in [0.15, 0.2) is 0 Å². The lowest BCUT2D eigenvalue weighted by atomic mass is 10.1. The second kappa shape index (κ2) is 6.80. The maximum absolute atomic E-state index is 11.6. The monoisotopic (exact) mass is 215 g/mol. The van der Waals surface area contributed by atoms with E-state index in [2.05, 4.69) is 0 Å². The molecule has 0 radical (unpaired) electrons. The highest BCUT2D eigenvalue weighted by molar-refractivity contribution is 5.72. The van der Waals surface area contributed by atoms with Gasteiger partial charge in [-0.15, -0.1) is 0 Å². The van der Waals surface area contributed by atoms with Gasteiger partial charge in [0.05, 0.1) is 19.1 Å². The van der Waals surface area contributed by atoms with Crippen LogP contribution in [0.5, 0.6) is 0 Å². The van der Waals surface area contributed by atoms with Crippen molar-refractivity contribution in [2.45, 2.75) is 38.7 Å². The Morgan fingerprint density at radius 2 is 2.20 bits per heavy atom. The minimum Gasteiger partial charge on any atom is -0.462 e. The number of carbonyl (C=O) groups excluding carboxylic acids is 1. The molecule has 4 nitrogen and oxygen atoms in total. The molecule has 0 spiro atoms. The number of nitrogens with two attached hydrogens (primary N) is 1. The van der Waals surface area contributed by atoms with E-state index in [4.69, 9.17) is 15.2 Å². The molecule has 1 aliphatic rings. The van der Waals surface area contributed by atoms with E-state index in [-0.39, 0.29) is 18.0 Å². The lowest BCUT2D eigenvalue weighted by Gasteiger charge is -2.23. The van der Waals surface area contributed by atoms with Crippen LogP contribution in [-0.4, -0.2) is 31.8 Å². The topological polar surface area (TPSA) is 61.6 Å². The van der Waals surface area contributed by atoms with Crippen LogP contribution in [0.3, 0.4) is 0 Å². The van der Waals surface area contributed by atoms with Gasteiger partial charge in [-0.05, 0) is 19.4 Å². The first-order chi connectivity index (χ1) is 7.24. The second-order valence-corrected chi connectivity index (χ2v) is 4.08. The number of esters is 1. The number of ether oxygens (including phenoxy) is 2. The average molecular weight is 215 g/mol. The molecule has 0 saturated carbocycles. The Labute approximate surface area is 91.1 Å². The highest BCUT2D eigenvalue weighted by Gasteiger charge is 2.21. The Morgan fingerprint density at radius 1 is 1.53 bits per heavy atom. The third kappa shape index (κ3) is 4.62. The highest BCUT2D eigenvalue weighted by Crippen LogP contribution is 2.15. The molecule has 0 bridgehead atoms. The molecule has 1 saturated heterocycles. The van der Waals surface area contributed by atoms with E-state index in [9.17, 15) is 4.79 Å². The quantitative estimate of drug-likeness (QED) is 0.697. The van der Waals surface area contributed by atoms with E-state index in [1.807, 2.05) is 6.92 Å². The van der Waals surface area contributed by atoms with Crippen LogP contribution in [0, 0.1) is 5.92 Å². The van der Waals surface area contributed by atoms with Crippen molar-refractivity contribution in [1.29, 1.82) is 0 Å². The van der Waals surface area contributed by atoms with Gasteiger partial charge in [0, 0.05) is 12.8 Å². The number of hydrogen-bond acceptors (Lipinski definition) is 4. The van der Waals surface area contributed by atoms with E-state index in [1.165, 1.54) is 0 Å². The van der Waals surface area contributed by atoms with E-state index < -0.39 is 0 Å². The summed E-state index contributed by atoms with van der Waals surface area (Å²) in [5.41, 5.74) is 5.39. The Bertz CT molecular complexity index is 190. The fourth-order valence-electron chi connectivity index (χ4n) is 1.62. The van der Waals surface area contributed by atoms with Gasteiger partial charge in [-0.25, -0.2) is 0 Å². The second-order valence-electron chi connectivity index (χ2n) is 4.08. The molecule has 1 unspecified atom stereocenters. The molecule has 1 rings (SSSR count). The maximum Gasteiger partial charge on any atom is 0.308 e. The lowest BCUT2D eigenvalue weighted by molar-refractivity contribution is -0.157. The summed E-state index contributed by atoms with van der Waals surface area (Å²) < 4.78 is 10.6. The number of rotatable bonds is 5. The van der Waals surface area contributed by atoms with Gasteiger partial charge < -0.3 is 15.2 Å². The molecule has 1 atom stereocenters. The average Bonchev–Trinajstić information content (AvgIpc) is 2.27. The van der Waals surface area contributed by atoms with E-state index in [1.54, 1.807) is 0 Å². The molecule has 15 heavy (non-hydrogen) atoms. The standard InChI is InChI=1S/C11H21NO3/c1-9(3-2-6-12)11(13)15-10-4-7-14-8-5-10/h9-10H,2-8,12H2,1H3. The van der Waals surface area contributed by atoms with Gasteiger partial charge in [0.25, 0.3) is 0 Å². The Morgan fingerprint density at radius 3 is 2.80 bits per heavy atom. The predicted octanol–water partition coefficient (Wildman–Crippen LogP) is 1.08. The molecule has 0 aliphatic carbocycles. The first-order valence-corrected chi connectivity index (χ1v) is 5.72. The van der Waals surface area contributed by atoms with Crippen LogP contribution >= 0.6 is 0 Å². The minimum atomic E-state index is -0.0876. The lowest BCUT2D eigenvalue weighted by Crippen LogP contribution is -2.28. The SMILES string of the molecule is CC(CCCN)C(=O)OC1CCOCC1. The van der Waals surface area contributed by atoms with Crippen molar-refractivity contribution in [2.75, 3.05) is 19.8 Å². The van der Waals surface area contributed by atoms with E-state index in [0.29, 0.717) is 19.8 Å². The summed E-state index contributed by atoms with van der Waals surface area (Å²) in [5.74, 6) is -0.119. The van der Waals surface area contributed by atoms with Gasteiger partial charge >= 0.3 is 5.97 Å². The summed E-state index contributed by atoms with van der Waals surface area (Å²) in [7, 11) is 0. The normalized spacial score (nSPS) is 19.9. The summed E-state index contributed by atoms with van der Waals surface area (Å²) in [4.78, 5) is 11.6. The number of hydrogen-bond donors (Lipinski definition) is 1. The summed E-state index contributed by atoms with van der Waals surface area (Å²) >= 11 is 0. The first-order valence-electron chi connectivity index (χ1n) is 5.72. The molecule has 1 heterocycles. The zero-order valence-corrected chi connectivity index (χ0v) is 9.41. The predicted molar refractivity (Wildman–Crippen MR) is 57.4 cm³/mol. The largest absolute Gasteiger partial charge is 0.462 e. The molecular formula is C11H21NO3. The molecule has 88 valence electrons. The summed E-state index contributed by atoms with van der Waals surface area (Å²) in [6.07, 6.45) is 3.42. The first kappa shape index (κ1) is 12.5. The van der Waals surface area contributed by atoms with Gasteiger partial charge in [0.2, 0.25) is 0 Å². The molecule has 0 aromatic rings. The van der Waals surface area contributed by atoms with Crippen molar-refractivity contribution in [3.8, 4) is 0 Å². The van der Waals surface area contributed by atoms with Gasteiger partial charge in [-0.3, -0.25) is 4.79 Å². The molecule has 0 amide bonds. The molecule has 1 aliphatic heterocycles. The van der Waals surface area contributed by atoms with Crippen molar-refractivity contribution in [1.82, 2.24) is 0 Å². The van der Waals surface area contributed by atoms with Crippen LogP contribution < -0.4 is 5.73 Å². The molecule has 0 aromatic heterocycles. The number of carbonyl (C=O) groups is 1. The molecule has 0 aromatic carbocycles. The van der Waals surface area contributed by atoms with Gasteiger partial charge in [-0.1, -0.05) is 6.92 Å². The van der Waals surface area contributed by atoms with Crippen molar-refractivity contribution in [2.24, 2.45) is 11.7 Å². The van der Waals surface area contributed by atoms with Crippen molar-refractivity contribution >= 4 is 5.97 Å². The van der Waals surface area contributed by atoms with Crippen molar-refractivity contribution < 1.29 is 14.3 Å². The third-order valence-electron chi connectivity index (χ3n) is 2.69. The van der Waals surface area contributed by atoms with E-state index in [0.717, 1.165) is 25.7 Å². The van der Waals surface area contributed by atoms with Gasteiger partial charge in [0.1, 0.15) is 6.10 Å². The van der Waals surface area contributed by atoms with Crippen LogP contribution in [0.1, 0.15) is 32.6 Å². The minimum absolute atomic E-state index is 0.0311. The van der Waals surface area contributed by atoms with Crippen LogP contribution in [-0.2, 0) is 14.3 Å². The maximum atomic E-state index is 11.6. The van der Waals surface area contributed by atoms with Crippen LogP contribution in [0.15, 0.2) is 0 Å². The third-order valence-corrected chi connectivity index (χ3v) is 2.69. The zero-order chi connectivity index (χ0) is 11.1. The fraction of sp³-hybridized carbons (Fsp3) is 0.909. The highest BCUT2D eigenvalue weighted by atomic mass is 16.6. The Hall–Kier alpha value is -0.610. The summed E-state index contributed by atoms with van der Waals surface area (Å²) in [6.45, 7) is 3.94. The molecule has 1 fully saturated rings. The zero-order valence-electron chi connectivity index (χ0n) is 9.41.